The van der Waals surface area contributed by atoms with E-state index in [1.807, 2.05) is 43.3 Å². The number of rotatable bonds is 3. The lowest BCUT2D eigenvalue weighted by Gasteiger charge is -2.13. The van der Waals surface area contributed by atoms with Crippen molar-refractivity contribution < 1.29 is 0 Å². The normalized spacial score (nSPS) is 9.61. The third-order valence-electron chi connectivity index (χ3n) is 2.60. The molecule has 0 saturated heterocycles. The van der Waals surface area contributed by atoms with Crippen LogP contribution in [0.2, 0.25) is 0 Å². The van der Waals surface area contributed by atoms with Gasteiger partial charge in [-0.3, -0.25) is 4.98 Å². The monoisotopic (exact) mass is 238 g/mol. The quantitative estimate of drug-likeness (QED) is 0.893. The molecule has 2 rings (SSSR count). The van der Waals surface area contributed by atoms with Gasteiger partial charge in [0.25, 0.3) is 0 Å². The number of pyridine rings is 1. The van der Waals surface area contributed by atoms with Gasteiger partial charge in [0.15, 0.2) is 0 Å². The van der Waals surface area contributed by atoms with E-state index in [9.17, 15) is 0 Å². The van der Waals surface area contributed by atoms with Crippen molar-refractivity contribution >= 4 is 17.1 Å². The van der Waals surface area contributed by atoms with Crippen LogP contribution >= 0.6 is 0 Å². The summed E-state index contributed by atoms with van der Waals surface area (Å²) in [5.74, 6) is 0. The molecule has 0 amide bonds. The largest absolute Gasteiger partial charge is 0.378 e. The first kappa shape index (κ1) is 11.9. The maximum Gasteiger partial charge on any atom is 0.101 e. The summed E-state index contributed by atoms with van der Waals surface area (Å²) in [6.45, 7) is 0. The molecule has 0 spiro atoms. The fourth-order valence-electron chi connectivity index (χ4n) is 1.59. The SMILES string of the molecule is CN(C)c1ccc(Nc2cnccc2C#N)cc1. The molecule has 1 heterocycles. The highest BCUT2D eigenvalue weighted by molar-refractivity contribution is 5.66. The van der Waals surface area contributed by atoms with Crippen molar-refractivity contribution in [3.8, 4) is 6.07 Å². The van der Waals surface area contributed by atoms with Crippen LogP contribution in [0.15, 0.2) is 42.7 Å². The highest BCUT2D eigenvalue weighted by atomic mass is 15.1. The average Bonchev–Trinajstić information content (AvgIpc) is 2.40. The summed E-state index contributed by atoms with van der Waals surface area (Å²) in [6, 6.07) is 11.8. The fraction of sp³-hybridized carbons (Fsp3) is 0.143. The summed E-state index contributed by atoms with van der Waals surface area (Å²) in [5.41, 5.74) is 3.37. The molecule has 0 aliphatic rings. The molecule has 1 aromatic carbocycles. The number of anilines is 3. The summed E-state index contributed by atoms with van der Waals surface area (Å²) in [4.78, 5) is 6.05. The smallest absolute Gasteiger partial charge is 0.101 e. The van der Waals surface area contributed by atoms with Crippen LogP contribution in [-0.2, 0) is 0 Å². The average molecular weight is 238 g/mol. The number of hydrogen-bond donors (Lipinski definition) is 1. The van der Waals surface area contributed by atoms with Crippen LogP contribution in [0.5, 0.6) is 0 Å². The van der Waals surface area contributed by atoms with Gasteiger partial charge in [0.2, 0.25) is 0 Å². The topological polar surface area (TPSA) is 52.0 Å². The first-order valence-electron chi connectivity index (χ1n) is 5.59. The van der Waals surface area contributed by atoms with Crippen LogP contribution in [-0.4, -0.2) is 19.1 Å². The summed E-state index contributed by atoms with van der Waals surface area (Å²) in [6.07, 6.45) is 3.26. The van der Waals surface area contributed by atoms with Gasteiger partial charge in [-0.15, -0.1) is 0 Å². The Bertz CT molecular complexity index is 567. The lowest BCUT2D eigenvalue weighted by atomic mass is 10.2. The van der Waals surface area contributed by atoms with Crippen LogP contribution in [0.1, 0.15) is 5.56 Å². The molecule has 0 atom stereocenters. The molecule has 4 nitrogen and oxygen atoms in total. The predicted molar refractivity (Wildman–Crippen MR) is 73.0 cm³/mol. The standard InChI is InChI=1S/C14H14N4/c1-18(2)13-5-3-12(4-6-13)17-14-10-16-8-7-11(14)9-15/h3-8,10,17H,1-2H3. The van der Waals surface area contributed by atoms with Crippen molar-refractivity contribution in [3.05, 3.63) is 48.3 Å². The van der Waals surface area contributed by atoms with E-state index in [0.717, 1.165) is 17.1 Å². The lowest BCUT2D eigenvalue weighted by Crippen LogP contribution is -2.08. The first-order chi connectivity index (χ1) is 8.70. The van der Waals surface area contributed by atoms with Crippen molar-refractivity contribution in [2.24, 2.45) is 0 Å². The van der Waals surface area contributed by atoms with Crippen molar-refractivity contribution in [1.82, 2.24) is 4.98 Å². The highest BCUT2D eigenvalue weighted by Crippen LogP contribution is 2.21. The molecule has 2 aromatic rings. The zero-order valence-electron chi connectivity index (χ0n) is 10.4. The molecule has 1 N–H and O–H groups in total. The molecule has 0 aliphatic heterocycles. The summed E-state index contributed by atoms with van der Waals surface area (Å²) in [5, 5.41) is 12.2. The predicted octanol–water partition coefficient (Wildman–Crippen LogP) is 2.76. The van der Waals surface area contributed by atoms with Gasteiger partial charge in [0.05, 0.1) is 17.4 Å². The molecule has 0 bridgehead atoms. The Morgan fingerprint density at radius 1 is 1.17 bits per heavy atom. The number of nitrogens with one attached hydrogen (secondary N) is 1. The van der Waals surface area contributed by atoms with E-state index in [1.165, 1.54) is 0 Å². The molecule has 0 fully saturated rings. The van der Waals surface area contributed by atoms with E-state index in [-0.39, 0.29) is 0 Å². The molecule has 90 valence electrons. The van der Waals surface area contributed by atoms with Crippen molar-refractivity contribution in [1.29, 1.82) is 5.26 Å². The number of benzene rings is 1. The zero-order valence-corrected chi connectivity index (χ0v) is 10.4. The maximum absolute atomic E-state index is 8.99. The van der Waals surface area contributed by atoms with E-state index in [4.69, 9.17) is 5.26 Å². The Hall–Kier alpha value is -2.54. The molecule has 0 unspecified atom stereocenters. The second-order valence-corrected chi connectivity index (χ2v) is 4.10. The molecular formula is C14H14N4. The summed E-state index contributed by atoms with van der Waals surface area (Å²) in [7, 11) is 3.99. The van der Waals surface area contributed by atoms with Gasteiger partial charge in [0.1, 0.15) is 6.07 Å². The van der Waals surface area contributed by atoms with Crippen LogP contribution in [0.4, 0.5) is 17.1 Å². The number of hydrogen-bond acceptors (Lipinski definition) is 4. The van der Waals surface area contributed by atoms with Crippen LogP contribution in [0, 0.1) is 11.3 Å². The van der Waals surface area contributed by atoms with Gasteiger partial charge in [-0.2, -0.15) is 5.26 Å². The van der Waals surface area contributed by atoms with Crippen LogP contribution in [0.25, 0.3) is 0 Å². The van der Waals surface area contributed by atoms with Crippen molar-refractivity contribution in [2.45, 2.75) is 0 Å². The zero-order chi connectivity index (χ0) is 13.0. The van der Waals surface area contributed by atoms with Gasteiger partial charge in [-0.1, -0.05) is 0 Å². The van der Waals surface area contributed by atoms with Crippen LogP contribution < -0.4 is 10.2 Å². The van der Waals surface area contributed by atoms with Gasteiger partial charge in [-0.05, 0) is 30.3 Å². The Balaban J connectivity index is 2.22. The summed E-state index contributed by atoms with van der Waals surface area (Å²) < 4.78 is 0. The Kier molecular flexibility index (Phi) is 3.44. The summed E-state index contributed by atoms with van der Waals surface area (Å²) >= 11 is 0. The van der Waals surface area contributed by atoms with Gasteiger partial charge in [0, 0.05) is 31.7 Å². The van der Waals surface area contributed by atoms with E-state index in [2.05, 4.69) is 16.4 Å². The van der Waals surface area contributed by atoms with Gasteiger partial charge < -0.3 is 10.2 Å². The van der Waals surface area contributed by atoms with E-state index in [0.29, 0.717) is 5.56 Å². The molecule has 0 aliphatic carbocycles. The molecule has 0 radical (unpaired) electrons. The van der Waals surface area contributed by atoms with E-state index >= 15 is 0 Å². The third kappa shape index (κ3) is 2.58. The Morgan fingerprint density at radius 2 is 1.89 bits per heavy atom. The van der Waals surface area contributed by atoms with E-state index in [1.54, 1.807) is 18.5 Å². The third-order valence-corrected chi connectivity index (χ3v) is 2.60. The molecule has 18 heavy (non-hydrogen) atoms. The van der Waals surface area contributed by atoms with Crippen molar-refractivity contribution in [3.63, 3.8) is 0 Å². The Labute approximate surface area is 107 Å². The molecular weight excluding hydrogens is 224 g/mol. The molecule has 4 heteroatoms. The van der Waals surface area contributed by atoms with Crippen LogP contribution in [0.3, 0.4) is 0 Å². The minimum Gasteiger partial charge on any atom is -0.378 e. The minimum absolute atomic E-state index is 0.585. The second-order valence-electron chi connectivity index (χ2n) is 4.10. The second kappa shape index (κ2) is 5.19. The minimum atomic E-state index is 0.585. The first-order valence-corrected chi connectivity index (χ1v) is 5.59. The molecule has 1 aromatic heterocycles. The van der Waals surface area contributed by atoms with E-state index < -0.39 is 0 Å². The maximum atomic E-state index is 8.99. The number of aromatic nitrogens is 1. The van der Waals surface area contributed by atoms with Gasteiger partial charge in [-0.25, -0.2) is 0 Å². The lowest BCUT2D eigenvalue weighted by molar-refractivity contribution is 1.13. The number of nitrogens with zero attached hydrogens (tertiary/aromatic N) is 3. The fourth-order valence-corrected chi connectivity index (χ4v) is 1.59. The van der Waals surface area contributed by atoms with Crippen molar-refractivity contribution in [2.75, 3.05) is 24.3 Å². The Morgan fingerprint density at radius 3 is 2.50 bits per heavy atom. The molecule has 0 saturated carbocycles. The number of nitriles is 1. The van der Waals surface area contributed by atoms with Gasteiger partial charge >= 0.3 is 0 Å². The highest BCUT2D eigenvalue weighted by Gasteiger charge is 2.02.